The second-order valence-corrected chi connectivity index (χ2v) is 9.31. The highest BCUT2D eigenvalue weighted by Crippen LogP contribution is 2.28. The van der Waals surface area contributed by atoms with Gasteiger partial charge in [0.05, 0.1) is 42.6 Å². The maximum Gasteiger partial charge on any atom is 0.257 e. The molecule has 2 fully saturated rings. The van der Waals surface area contributed by atoms with Gasteiger partial charge in [-0.15, -0.1) is 0 Å². The summed E-state index contributed by atoms with van der Waals surface area (Å²) in [5, 5.41) is 2.36. The smallest absolute Gasteiger partial charge is 0.257 e. The van der Waals surface area contributed by atoms with Crippen LogP contribution in [0.5, 0.6) is 0 Å². The Bertz CT molecular complexity index is 1100. The van der Waals surface area contributed by atoms with Crippen LogP contribution >= 0.6 is 0 Å². The SMILES string of the molecule is O=C(Nc1cc(F)ccc1F)c1cc(S(=O)(=O)N2CCOCC2)ccc1N1CCOCC1. The van der Waals surface area contributed by atoms with Crippen LogP contribution in [0, 0.1) is 11.6 Å². The second kappa shape index (κ2) is 9.49. The van der Waals surface area contributed by atoms with Crippen molar-refractivity contribution in [2.24, 2.45) is 0 Å². The van der Waals surface area contributed by atoms with E-state index in [2.05, 4.69) is 5.32 Å². The average molecular weight is 467 g/mol. The molecule has 1 N–H and O–H groups in total. The fourth-order valence-electron chi connectivity index (χ4n) is 3.66. The zero-order valence-corrected chi connectivity index (χ0v) is 18.0. The molecule has 0 spiro atoms. The molecule has 2 aromatic rings. The Balaban J connectivity index is 1.72. The Kier molecular flexibility index (Phi) is 6.70. The number of ether oxygens (including phenoxy) is 2. The molecule has 2 heterocycles. The maximum atomic E-state index is 14.1. The summed E-state index contributed by atoms with van der Waals surface area (Å²) in [5.74, 6) is -2.25. The minimum atomic E-state index is -3.86. The monoisotopic (exact) mass is 467 g/mol. The first-order valence-electron chi connectivity index (χ1n) is 10.2. The van der Waals surface area contributed by atoms with E-state index in [0.717, 1.165) is 18.2 Å². The molecule has 172 valence electrons. The van der Waals surface area contributed by atoms with Crippen LogP contribution in [-0.2, 0) is 19.5 Å². The van der Waals surface area contributed by atoms with Crippen molar-refractivity contribution in [2.45, 2.75) is 4.90 Å². The average Bonchev–Trinajstić information content (AvgIpc) is 2.82. The number of benzene rings is 2. The standard InChI is InChI=1S/C21H23F2N3O5S/c22-15-1-3-18(23)19(13-15)24-21(27)17-14-16(32(28,29)26-7-11-31-12-8-26)2-4-20(17)25-5-9-30-10-6-25/h1-4,13-14H,5-12H2,(H,24,27). The van der Waals surface area contributed by atoms with Gasteiger partial charge >= 0.3 is 0 Å². The number of nitrogens with one attached hydrogen (secondary N) is 1. The van der Waals surface area contributed by atoms with Crippen LogP contribution in [0.2, 0.25) is 0 Å². The molecule has 2 aromatic carbocycles. The van der Waals surface area contributed by atoms with Crippen LogP contribution in [0.3, 0.4) is 0 Å². The Morgan fingerprint density at radius 1 is 0.906 bits per heavy atom. The van der Waals surface area contributed by atoms with Crippen LogP contribution in [-0.4, -0.2) is 71.2 Å². The molecule has 2 saturated heterocycles. The lowest BCUT2D eigenvalue weighted by Crippen LogP contribution is -2.41. The summed E-state index contributed by atoms with van der Waals surface area (Å²) in [4.78, 5) is 14.9. The van der Waals surface area contributed by atoms with E-state index in [9.17, 15) is 22.0 Å². The zero-order chi connectivity index (χ0) is 22.7. The van der Waals surface area contributed by atoms with Crippen LogP contribution < -0.4 is 10.2 Å². The fraction of sp³-hybridized carbons (Fsp3) is 0.381. The highest BCUT2D eigenvalue weighted by Gasteiger charge is 2.29. The number of nitrogens with zero attached hydrogens (tertiary/aromatic N) is 2. The summed E-state index contributed by atoms with van der Waals surface area (Å²) < 4.78 is 65.7. The van der Waals surface area contributed by atoms with Gasteiger partial charge in [-0.2, -0.15) is 4.31 Å². The van der Waals surface area contributed by atoms with Gasteiger partial charge in [0.2, 0.25) is 10.0 Å². The van der Waals surface area contributed by atoms with Crippen molar-refractivity contribution in [3.63, 3.8) is 0 Å². The lowest BCUT2D eigenvalue weighted by Gasteiger charge is -2.31. The molecule has 2 aliphatic rings. The van der Waals surface area contributed by atoms with Crippen molar-refractivity contribution in [3.05, 3.63) is 53.6 Å². The number of halogens is 2. The molecule has 11 heteroatoms. The largest absolute Gasteiger partial charge is 0.379 e. The molecule has 0 radical (unpaired) electrons. The summed E-state index contributed by atoms with van der Waals surface area (Å²) in [6, 6.07) is 7.02. The Morgan fingerprint density at radius 3 is 2.25 bits per heavy atom. The van der Waals surface area contributed by atoms with E-state index in [1.807, 2.05) is 4.90 Å². The molecule has 0 saturated carbocycles. The number of amides is 1. The summed E-state index contributed by atoms with van der Waals surface area (Å²) in [6.07, 6.45) is 0. The normalized spacial score (nSPS) is 17.9. The van der Waals surface area contributed by atoms with E-state index in [1.54, 1.807) is 6.07 Å². The number of morpholine rings is 2. The Labute approximate surface area is 184 Å². The van der Waals surface area contributed by atoms with Gasteiger partial charge in [-0.3, -0.25) is 4.79 Å². The molecule has 0 aromatic heterocycles. The van der Waals surface area contributed by atoms with Gasteiger partial charge in [0.25, 0.3) is 5.91 Å². The Morgan fingerprint density at radius 2 is 1.56 bits per heavy atom. The molecule has 1 amide bonds. The third-order valence-corrected chi connectivity index (χ3v) is 7.24. The number of carbonyl (C=O) groups excluding carboxylic acids is 1. The number of hydrogen-bond acceptors (Lipinski definition) is 6. The predicted molar refractivity (Wildman–Crippen MR) is 113 cm³/mol. The second-order valence-electron chi connectivity index (χ2n) is 7.37. The molecular formula is C21H23F2N3O5S. The zero-order valence-electron chi connectivity index (χ0n) is 17.2. The summed E-state index contributed by atoms with van der Waals surface area (Å²) in [5.41, 5.74) is 0.206. The van der Waals surface area contributed by atoms with Crippen LogP contribution in [0.4, 0.5) is 20.2 Å². The molecule has 2 aliphatic heterocycles. The summed E-state index contributed by atoms with van der Waals surface area (Å²) in [7, 11) is -3.86. The van der Waals surface area contributed by atoms with Gasteiger partial charge in [0.1, 0.15) is 11.6 Å². The third-order valence-electron chi connectivity index (χ3n) is 5.35. The number of carbonyl (C=O) groups is 1. The Hall–Kier alpha value is -2.60. The molecule has 0 bridgehead atoms. The number of sulfonamides is 1. The number of anilines is 2. The van der Waals surface area contributed by atoms with Gasteiger partial charge < -0.3 is 19.7 Å². The van der Waals surface area contributed by atoms with E-state index < -0.39 is 27.6 Å². The fourth-order valence-corrected chi connectivity index (χ4v) is 5.09. The highest BCUT2D eigenvalue weighted by molar-refractivity contribution is 7.89. The van der Waals surface area contributed by atoms with Gasteiger partial charge in [0.15, 0.2) is 0 Å². The van der Waals surface area contributed by atoms with Crippen LogP contribution in [0.15, 0.2) is 41.3 Å². The minimum absolute atomic E-state index is 0.0462. The third kappa shape index (κ3) is 4.75. The first-order chi connectivity index (χ1) is 15.4. The molecule has 32 heavy (non-hydrogen) atoms. The summed E-state index contributed by atoms with van der Waals surface area (Å²) >= 11 is 0. The van der Waals surface area contributed by atoms with E-state index in [0.29, 0.717) is 32.0 Å². The van der Waals surface area contributed by atoms with Gasteiger partial charge in [-0.1, -0.05) is 0 Å². The number of hydrogen-bond donors (Lipinski definition) is 1. The van der Waals surface area contributed by atoms with Gasteiger partial charge in [-0.25, -0.2) is 17.2 Å². The number of rotatable bonds is 5. The first kappa shape index (κ1) is 22.6. The van der Waals surface area contributed by atoms with Crippen molar-refractivity contribution in [3.8, 4) is 0 Å². The van der Waals surface area contributed by atoms with E-state index in [4.69, 9.17) is 9.47 Å². The van der Waals surface area contributed by atoms with Gasteiger partial charge in [0, 0.05) is 37.9 Å². The molecule has 8 nitrogen and oxygen atoms in total. The van der Waals surface area contributed by atoms with Gasteiger partial charge in [-0.05, 0) is 30.3 Å². The lowest BCUT2D eigenvalue weighted by molar-refractivity contribution is 0.0730. The van der Waals surface area contributed by atoms with Crippen molar-refractivity contribution < 1.29 is 31.5 Å². The maximum absolute atomic E-state index is 14.1. The van der Waals surface area contributed by atoms with Crippen LogP contribution in [0.25, 0.3) is 0 Å². The molecule has 0 atom stereocenters. The minimum Gasteiger partial charge on any atom is -0.379 e. The van der Waals surface area contributed by atoms with Crippen molar-refractivity contribution >= 4 is 27.3 Å². The molecule has 0 unspecified atom stereocenters. The highest BCUT2D eigenvalue weighted by atomic mass is 32.2. The van der Waals surface area contributed by atoms with Crippen molar-refractivity contribution in [1.29, 1.82) is 0 Å². The molecule has 0 aliphatic carbocycles. The molecular weight excluding hydrogens is 444 g/mol. The lowest BCUT2D eigenvalue weighted by atomic mass is 10.1. The van der Waals surface area contributed by atoms with E-state index in [-0.39, 0.29) is 42.4 Å². The summed E-state index contributed by atoms with van der Waals surface area (Å²) in [6.45, 7) is 2.91. The quantitative estimate of drug-likeness (QED) is 0.725. The topological polar surface area (TPSA) is 88.2 Å². The van der Waals surface area contributed by atoms with E-state index >= 15 is 0 Å². The van der Waals surface area contributed by atoms with Crippen LogP contribution in [0.1, 0.15) is 10.4 Å². The predicted octanol–water partition coefficient (Wildman–Crippen LogP) is 2.07. The van der Waals surface area contributed by atoms with Crippen molar-refractivity contribution in [1.82, 2.24) is 4.31 Å². The van der Waals surface area contributed by atoms with Crippen molar-refractivity contribution in [2.75, 3.05) is 62.8 Å². The first-order valence-corrected chi connectivity index (χ1v) is 11.6. The van der Waals surface area contributed by atoms with E-state index in [1.165, 1.54) is 16.4 Å². The molecule has 4 rings (SSSR count).